The van der Waals surface area contributed by atoms with Crippen molar-refractivity contribution < 1.29 is 14.0 Å². The third-order valence-electron chi connectivity index (χ3n) is 8.30. The lowest BCUT2D eigenvalue weighted by Gasteiger charge is -2.34. The maximum atomic E-state index is 13.2. The van der Waals surface area contributed by atoms with E-state index in [4.69, 9.17) is 5.73 Å². The molecule has 1 aliphatic carbocycles. The van der Waals surface area contributed by atoms with Gasteiger partial charge in [-0.05, 0) is 131 Å². The van der Waals surface area contributed by atoms with Gasteiger partial charge in [-0.3, -0.25) is 9.59 Å². The molecule has 5 rings (SSSR count). The van der Waals surface area contributed by atoms with E-state index in [9.17, 15) is 14.0 Å². The lowest BCUT2D eigenvalue weighted by Crippen LogP contribution is -2.37. The van der Waals surface area contributed by atoms with Gasteiger partial charge < -0.3 is 10.6 Å². The van der Waals surface area contributed by atoms with Crippen LogP contribution in [-0.4, -0.2) is 46.0 Å². The molecule has 37 heavy (non-hydrogen) atoms. The zero-order chi connectivity index (χ0) is 25.8. The number of nitrogens with zero attached hydrogens (tertiary/aromatic N) is 3. The van der Waals surface area contributed by atoms with Gasteiger partial charge in [-0.1, -0.05) is 0 Å². The van der Waals surface area contributed by atoms with E-state index < -0.39 is 0 Å². The van der Waals surface area contributed by atoms with E-state index in [1.807, 2.05) is 29.1 Å². The van der Waals surface area contributed by atoms with Crippen molar-refractivity contribution in [1.29, 1.82) is 0 Å². The number of amides is 1. The Morgan fingerprint density at radius 3 is 2.35 bits per heavy atom. The minimum Gasteiger partial charge on any atom is -0.366 e. The molecule has 0 atom stereocenters. The monoisotopic (exact) mass is 502 g/mol. The van der Waals surface area contributed by atoms with E-state index in [1.165, 1.54) is 18.6 Å². The third-order valence-corrected chi connectivity index (χ3v) is 8.30. The van der Waals surface area contributed by atoms with Crippen LogP contribution in [0.3, 0.4) is 0 Å². The van der Waals surface area contributed by atoms with Gasteiger partial charge in [0.1, 0.15) is 5.82 Å². The summed E-state index contributed by atoms with van der Waals surface area (Å²) >= 11 is 0. The normalized spacial score (nSPS) is 21.1. The Labute approximate surface area is 217 Å². The van der Waals surface area contributed by atoms with Gasteiger partial charge in [-0.2, -0.15) is 5.10 Å². The van der Waals surface area contributed by atoms with Crippen LogP contribution in [0.15, 0.2) is 60.9 Å². The molecule has 0 unspecified atom stereocenters. The number of nitrogens with two attached hydrogens (primary N) is 1. The molecule has 2 aromatic carbocycles. The fourth-order valence-corrected chi connectivity index (χ4v) is 6.07. The molecule has 194 valence electrons. The number of hydrogen-bond donors (Lipinski definition) is 1. The number of primary amides is 1. The van der Waals surface area contributed by atoms with E-state index in [-0.39, 0.29) is 23.4 Å². The summed E-state index contributed by atoms with van der Waals surface area (Å²) in [6.45, 7) is 2.94. The standard InChI is InChI=1S/C30H35FN4O2/c31-25-8-6-23(7-9-25)29(36)24-13-18-34(19-14-24)17-12-21-2-4-22(5-3-21)28-20-26(35-16-1-15-33-35)10-11-27(28)30(32)37/h1,6-11,15-16,20-22,24H,2-5,12-14,17-19H2,(H2,32,37)/t21-,22-. The molecule has 1 aromatic heterocycles. The third kappa shape index (κ3) is 5.99. The zero-order valence-electron chi connectivity index (χ0n) is 21.2. The van der Waals surface area contributed by atoms with Crippen molar-refractivity contribution in [1.82, 2.24) is 14.7 Å². The molecule has 0 bridgehead atoms. The molecule has 0 spiro atoms. The largest absolute Gasteiger partial charge is 0.366 e. The quantitative estimate of drug-likeness (QED) is 0.420. The molecule has 2 aliphatic rings. The first kappa shape index (κ1) is 25.3. The van der Waals surface area contributed by atoms with E-state index in [0.717, 1.165) is 69.4 Å². The Morgan fingerprint density at radius 1 is 0.973 bits per heavy atom. The van der Waals surface area contributed by atoms with Gasteiger partial charge in [-0.25, -0.2) is 9.07 Å². The van der Waals surface area contributed by atoms with E-state index >= 15 is 0 Å². The summed E-state index contributed by atoms with van der Waals surface area (Å²) in [6, 6.07) is 13.6. The number of piperidine rings is 1. The first-order valence-corrected chi connectivity index (χ1v) is 13.4. The van der Waals surface area contributed by atoms with Crippen LogP contribution in [0.4, 0.5) is 4.39 Å². The van der Waals surface area contributed by atoms with Crippen molar-refractivity contribution in [3.63, 3.8) is 0 Å². The van der Waals surface area contributed by atoms with Crippen molar-refractivity contribution in [2.45, 2.75) is 50.9 Å². The summed E-state index contributed by atoms with van der Waals surface area (Å²) in [7, 11) is 0. The summed E-state index contributed by atoms with van der Waals surface area (Å²) in [6.07, 6.45) is 11.0. The molecule has 2 heterocycles. The van der Waals surface area contributed by atoms with Crippen molar-refractivity contribution >= 4 is 11.7 Å². The second kappa shape index (κ2) is 11.4. The average molecular weight is 503 g/mol. The van der Waals surface area contributed by atoms with Gasteiger partial charge in [0.2, 0.25) is 5.91 Å². The van der Waals surface area contributed by atoms with Gasteiger partial charge in [0.15, 0.2) is 5.78 Å². The number of ketones is 1. The van der Waals surface area contributed by atoms with Gasteiger partial charge in [-0.15, -0.1) is 0 Å². The van der Waals surface area contributed by atoms with Crippen LogP contribution in [0.25, 0.3) is 5.69 Å². The first-order chi connectivity index (χ1) is 18.0. The lowest BCUT2D eigenvalue weighted by atomic mass is 9.76. The van der Waals surface area contributed by atoms with E-state index in [0.29, 0.717) is 23.0 Å². The zero-order valence-corrected chi connectivity index (χ0v) is 21.2. The highest BCUT2D eigenvalue weighted by molar-refractivity contribution is 5.97. The van der Waals surface area contributed by atoms with Crippen molar-refractivity contribution in [2.75, 3.05) is 19.6 Å². The smallest absolute Gasteiger partial charge is 0.248 e. The maximum Gasteiger partial charge on any atom is 0.248 e. The molecule has 2 N–H and O–H groups in total. The van der Waals surface area contributed by atoms with E-state index in [1.54, 1.807) is 18.3 Å². The highest BCUT2D eigenvalue weighted by Crippen LogP contribution is 2.39. The molecule has 2 fully saturated rings. The van der Waals surface area contributed by atoms with Crippen LogP contribution in [0.5, 0.6) is 0 Å². The highest BCUT2D eigenvalue weighted by atomic mass is 19.1. The van der Waals surface area contributed by atoms with Crippen molar-refractivity contribution in [3.8, 4) is 5.69 Å². The van der Waals surface area contributed by atoms with Gasteiger partial charge in [0.25, 0.3) is 0 Å². The van der Waals surface area contributed by atoms with Gasteiger partial charge >= 0.3 is 0 Å². The Hall–Kier alpha value is -3.32. The molecule has 1 amide bonds. The van der Waals surface area contributed by atoms with Crippen molar-refractivity contribution in [2.24, 2.45) is 17.6 Å². The molecule has 0 radical (unpaired) electrons. The summed E-state index contributed by atoms with van der Waals surface area (Å²) < 4.78 is 15.0. The molecular formula is C30H35FN4O2. The molecule has 1 saturated carbocycles. The van der Waals surface area contributed by atoms with E-state index in [2.05, 4.69) is 16.1 Å². The highest BCUT2D eigenvalue weighted by Gasteiger charge is 2.28. The minimum absolute atomic E-state index is 0.0362. The number of carbonyl (C=O) groups excluding carboxylic acids is 2. The Balaban J connectivity index is 1.10. The number of likely N-dealkylation sites (tertiary alicyclic amines) is 1. The van der Waals surface area contributed by atoms with Crippen LogP contribution in [0, 0.1) is 17.7 Å². The number of aromatic nitrogens is 2. The van der Waals surface area contributed by atoms with Crippen LogP contribution < -0.4 is 5.73 Å². The van der Waals surface area contributed by atoms with Gasteiger partial charge in [0.05, 0.1) is 5.69 Å². The number of benzene rings is 2. The molecule has 1 saturated heterocycles. The Bertz CT molecular complexity index is 1210. The number of rotatable bonds is 8. The fraction of sp³-hybridized carbons (Fsp3) is 0.433. The molecule has 6 nitrogen and oxygen atoms in total. The molecule has 7 heteroatoms. The van der Waals surface area contributed by atoms with Crippen LogP contribution in [0.2, 0.25) is 0 Å². The van der Waals surface area contributed by atoms with Gasteiger partial charge in [0, 0.05) is 29.4 Å². The summed E-state index contributed by atoms with van der Waals surface area (Å²) in [5.74, 6) is 0.518. The van der Waals surface area contributed by atoms with Crippen molar-refractivity contribution in [3.05, 3.63) is 83.4 Å². The van der Waals surface area contributed by atoms with Crippen LogP contribution >= 0.6 is 0 Å². The van der Waals surface area contributed by atoms with Crippen LogP contribution in [-0.2, 0) is 0 Å². The Morgan fingerprint density at radius 2 is 1.70 bits per heavy atom. The summed E-state index contributed by atoms with van der Waals surface area (Å²) in [5, 5.41) is 4.32. The molecule has 3 aromatic rings. The number of carbonyl (C=O) groups is 2. The topological polar surface area (TPSA) is 81.2 Å². The maximum absolute atomic E-state index is 13.2. The van der Waals surface area contributed by atoms with Crippen LogP contribution in [0.1, 0.15) is 77.1 Å². The number of Topliss-reactive ketones (excluding diaryl/α,β-unsaturated/α-hetero) is 1. The number of hydrogen-bond acceptors (Lipinski definition) is 4. The molecular weight excluding hydrogens is 467 g/mol. The number of halogens is 1. The fourth-order valence-electron chi connectivity index (χ4n) is 6.07. The molecule has 1 aliphatic heterocycles. The second-order valence-corrected chi connectivity index (χ2v) is 10.6. The average Bonchev–Trinajstić information content (AvgIpc) is 3.47. The second-order valence-electron chi connectivity index (χ2n) is 10.6. The summed E-state index contributed by atoms with van der Waals surface area (Å²) in [4.78, 5) is 27.4. The summed E-state index contributed by atoms with van der Waals surface area (Å²) in [5.41, 5.74) is 8.95. The SMILES string of the molecule is NC(=O)c1ccc(-n2cccn2)cc1[C@H]1CC[C@H](CCN2CCC(C(=O)c3ccc(F)cc3)CC2)CC1. The lowest BCUT2D eigenvalue weighted by molar-refractivity contribution is 0.0832. The first-order valence-electron chi connectivity index (χ1n) is 13.4. The minimum atomic E-state index is -0.370. The Kier molecular flexibility index (Phi) is 7.79. The predicted octanol–water partition coefficient (Wildman–Crippen LogP) is 5.37. The predicted molar refractivity (Wildman–Crippen MR) is 141 cm³/mol.